The normalized spacial score (nSPS) is 14.2. The van der Waals surface area contributed by atoms with Crippen LogP contribution < -0.4 is 4.89 Å². The van der Waals surface area contributed by atoms with Crippen molar-refractivity contribution in [2.75, 3.05) is 47.5 Å². The van der Waals surface area contributed by atoms with Crippen molar-refractivity contribution in [3.63, 3.8) is 0 Å². The first kappa shape index (κ1) is 49.6. The molecule has 0 aliphatic heterocycles. The molecular weight excluding hydrogens is 661 g/mol. The number of phosphoric acid groups is 1. The van der Waals surface area contributed by atoms with E-state index in [9.17, 15) is 14.3 Å². The minimum atomic E-state index is -4.51. The summed E-state index contributed by atoms with van der Waals surface area (Å²) in [6.07, 6.45) is 41.1. The van der Waals surface area contributed by atoms with Gasteiger partial charge in [0.05, 0.1) is 34.0 Å². The van der Waals surface area contributed by atoms with E-state index in [1.165, 1.54) is 96.3 Å². The lowest BCUT2D eigenvalue weighted by atomic mass is 10.0. The third kappa shape index (κ3) is 39.6. The Morgan fingerprint density at radius 2 is 1.10 bits per heavy atom. The SMILES string of the molecule is CCCCC/C=C\C/C=C\CCCCCCCC(=O)OCC(COP(=O)([O-])OCC[N+](C)(C)C)O/C=C\CCCCCCCCCCCCCC. The Morgan fingerprint density at radius 3 is 1.65 bits per heavy atom. The Labute approximate surface area is 315 Å². The minimum absolute atomic E-state index is 0.0251. The van der Waals surface area contributed by atoms with Gasteiger partial charge in [0.15, 0.2) is 6.10 Å². The Morgan fingerprint density at radius 1 is 0.627 bits per heavy atom. The van der Waals surface area contributed by atoms with Crippen LogP contribution in [-0.2, 0) is 27.9 Å². The highest BCUT2D eigenvalue weighted by atomic mass is 31.2. The number of quaternary nitrogens is 1. The summed E-state index contributed by atoms with van der Waals surface area (Å²) in [5.41, 5.74) is 0. The first-order chi connectivity index (χ1) is 24.6. The molecule has 0 bridgehead atoms. The fourth-order valence-corrected chi connectivity index (χ4v) is 6.17. The Kier molecular flexibility index (Phi) is 34.6. The Balaban J connectivity index is 4.34. The van der Waals surface area contributed by atoms with Crippen molar-refractivity contribution in [3.05, 3.63) is 36.6 Å². The number of unbranched alkanes of at least 4 members (excludes halogenated alkanes) is 20. The highest BCUT2D eigenvalue weighted by Crippen LogP contribution is 2.38. The van der Waals surface area contributed by atoms with E-state index in [-0.39, 0.29) is 25.8 Å². The Bertz CT molecular complexity index is 915. The summed E-state index contributed by atoms with van der Waals surface area (Å²) in [6, 6.07) is 0. The molecule has 0 heterocycles. The van der Waals surface area contributed by atoms with Crippen molar-refractivity contribution in [1.29, 1.82) is 0 Å². The number of phosphoric ester groups is 1. The molecule has 0 fully saturated rings. The molecule has 0 aromatic carbocycles. The quantitative estimate of drug-likeness (QED) is 0.0155. The van der Waals surface area contributed by atoms with E-state index in [4.69, 9.17) is 18.5 Å². The first-order valence-electron chi connectivity index (χ1n) is 20.8. The molecule has 0 aliphatic carbocycles. The van der Waals surface area contributed by atoms with Gasteiger partial charge in [0.2, 0.25) is 0 Å². The molecule has 0 rings (SSSR count). The third-order valence-corrected chi connectivity index (χ3v) is 9.75. The molecule has 0 spiro atoms. The second kappa shape index (κ2) is 35.6. The number of esters is 1. The number of hydrogen-bond acceptors (Lipinski definition) is 7. The average molecular weight is 742 g/mol. The van der Waals surface area contributed by atoms with Gasteiger partial charge in [-0.05, 0) is 57.4 Å². The summed E-state index contributed by atoms with van der Waals surface area (Å²) >= 11 is 0. The number of carbonyl (C=O) groups excluding carboxylic acids is 1. The van der Waals surface area contributed by atoms with E-state index in [2.05, 4.69) is 38.2 Å². The highest BCUT2D eigenvalue weighted by Gasteiger charge is 2.19. The molecule has 0 radical (unpaired) electrons. The largest absolute Gasteiger partial charge is 0.756 e. The van der Waals surface area contributed by atoms with E-state index >= 15 is 0 Å². The molecule has 0 N–H and O–H groups in total. The molecule has 0 saturated heterocycles. The number of allylic oxidation sites excluding steroid dienone is 5. The molecule has 300 valence electrons. The summed E-state index contributed by atoms with van der Waals surface area (Å²) in [5, 5.41) is 0. The fraction of sp³-hybridized carbons (Fsp3) is 0.833. The number of nitrogens with zero attached hydrogens (tertiary/aromatic N) is 1. The average Bonchev–Trinajstić information content (AvgIpc) is 3.08. The van der Waals surface area contributed by atoms with Gasteiger partial charge in [-0.1, -0.05) is 141 Å². The van der Waals surface area contributed by atoms with Gasteiger partial charge in [0, 0.05) is 6.42 Å². The van der Waals surface area contributed by atoms with Crippen LogP contribution in [-0.4, -0.2) is 64.1 Å². The lowest BCUT2D eigenvalue weighted by molar-refractivity contribution is -0.870. The summed E-state index contributed by atoms with van der Waals surface area (Å²) < 4.78 is 34.3. The number of likely N-dealkylation sites (N-methyl/N-ethyl adjacent to an activating group) is 1. The zero-order valence-corrected chi connectivity index (χ0v) is 34.7. The molecule has 0 aliphatic rings. The first-order valence-corrected chi connectivity index (χ1v) is 22.2. The minimum Gasteiger partial charge on any atom is -0.756 e. The van der Waals surface area contributed by atoms with Crippen molar-refractivity contribution in [2.24, 2.45) is 0 Å². The number of carbonyl (C=O) groups is 1. The van der Waals surface area contributed by atoms with E-state index in [0.29, 0.717) is 17.4 Å². The summed E-state index contributed by atoms with van der Waals surface area (Å²) in [6.45, 7) is 4.67. The van der Waals surface area contributed by atoms with Crippen molar-refractivity contribution >= 4 is 13.8 Å². The maximum atomic E-state index is 12.4. The van der Waals surface area contributed by atoms with E-state index in [1.54, 1.807) is 6.26 Å². The number of hydrogen-bond donors (Lipinski definition) is 0. The van der Waals surface area contributed by atoms with Gasteiger partial charge in [-0.3, -0.25) is 9.36 Å². The lowest BCUT2D eigenvalue weighted by Crippen LogP contribution is -2.37. The molecule has 51 heavy (non-hydrogen) atoms. The van der Waals surface area contributed by atoms with Gasteiger partial charge < -0.3 is 27.9 Å². The van der Waals surface area contributed by atoms with Crippen LogP contribution in [0.4, 0.5) is 0 Å². The van der Waals surface area contributed by atoms with Crippen molar-refractivity contribution in [1.82, 2.24) is 0 Å². The molecular formula is C42H80NO7P. The topological polar surface area (TPSA) is 94.1 Å². The van der Waals surface area contributed by atoms with Crippen LogP contribution >= 0.6 is 7.82 Å². The van der Waals surface area contributed by atoms with E-state index in [1.807, 2.05) is 27.2 Å². The maximum Gasteiger partial charge on any atom is 0.305 e. The van der Waals surface area contributed by atoms with Crippen LogP contribution in [0, 0.1) is 0 Å². The summed E-state index contributed by atoms with van der Waals surface area (Å²) in [7, 11) is 1.35. The predicted octanol–water partition coefficient (Wildman–Crippen LogP) is 11.5. The van der Waals surface area contributed by atoms with Crippen molar-refractivity contribution in [2.45, 2.75) is 180 Å². The van der Waals surface area contributed by atoms with Crippen molar-refractivity contribution < 1.29 is 37.3 Å². The second-order valence-electron chi connectivity index (χ2n) is 15.1. The van der Waals surface area contributed by atoms with Crippen molar-refractivity contribution in [3.8, 4) is 0 Å². The van der Waals surface area contributed by atoms with Gasteiger partial charge in [-0.2, -0.15) is 0 Å². The van der Waals surface area contributed by atoms with E-state index in [0.717, 1.165) is 57.8 Å². The molecule has 8 nitrogen and oxygen atoms in total. The highest BCUT2D eigenvalue weighted by molar-refractivity contribution is 7.45. The summed E-state index contributed by atoms with van der Waals surface area (Å²) in [4.78, 5) is 24.8. The summed E-state index contributed by atoms with van der Waals surface area (Å²) in [5.74, 6) is -0.306. The third-order valence-electron chi connectivity index (χ3n) is 8.78. The number of ether oxygens (including phenoxy) is 2. The number of rotatable bonds is 38. The zero-order valence-electron chi connectivity index (χ0n) is 33.8. The predicted molar refractivity (Wildman–Crippen MR) is 212 cm³/mol. The van der Waals surface area contributed by atoms with Gasteiger partial charge in [0.25, 0.3) is 7.82 Å². The smallest absolute Gasteiger partial charge is 0.305 e. The Hall–Kier alpha value is -1.44. The van der Waals surface area contributed by atoms with Gasteiger partial charge in [-0.25, -0.2) is 0 Å². The molecule has 2 atom stereocenters. The van der Waals surface area contributed by atoms with Crippen LogP contribution in [0.5, 0.6) is 0 Å². The lowest BCUT2D eigenvalue weighted by Gasteiger charge is -2.28. The molecule has 0 aromatic rings. The molecule has 0 amide bonds. The van der Waals surface area contributed by atoms with Gasteiger partial charge in [-0.15, -0.1) is 0 Å². The van der Waals surface area contributed by atoms with Crippen LogP contribution in [0.1, 0.15) is 174 Å². The molecule has 0 saturated carbocycles. The van der Waals surface area contributed by atoms with Gasteiger partial charge >= 0.3 is 5.97 Å². The van der Waals surface area contributed by atoms with Gasteiger partial charge in [0.1, 0.15) is 19.8 Å². The molecule has 0 aromatic heterocycles. The molecule has 2 unspecified atom stereocenters. The van der Waals surface area contributed by atoms with Crippen LogP contribution in [0.25, 0.3) is 0 Å². The second-order valence-corrected chi connectivity index (χ2v) is 16.5. The maximum absolute atomic E-state index is 12.4. The molecule has 9 heteroatoms. The van der Waals surface area contributed by atoms with Crippen LogP contribution in [0.15, 0.2) is 36.6 Å². The fourth-order valence-electron chi connectivity index (χ4n) is 5.44. The van der Waals surface area contributed by atoms with E-state index < -0.39 is 13.9 Å². The van der Waals surface area contributed by atoms with Crippen LogP contribution in [0.2, 0.25) is 0 Å². The van der Waals surface area contributed by atoms with Crippen LogP contribution in [0.3, 0.4) is 0 Å². The zero-order chi connectivity index (χ0) is 37.7. The standard InChI is InChI=1S/C42H80NO7P/c1-6-8-10-12-14-16-18-20-22-23-25-27-29-31-33-35-42(44)48-39-41(40-50-51(45,46)49-38-36-43(3,4)5)47-37-34-32-30-28-26-24-21-19-17-15-13-11-9-7-2/h14,16,20,22,34,37,41H,6-13,15,17-19,21,23-33,35-36,38-40H2,1-5H3/b16-14-,22-20-,37-34-. The monoisotopic (exact) mass is 742 g/mol.